The van der Waals surface area contributed by atoms with Crippen molar-refractivity contribution in [3.63, 3.8) is 0 Å². The van der Waals surface area contributed by atoms with Gasteiger partial charge in [0.05, 0.1) is 6.54 Å². The minimum Gasteiger partial charge on any atom is -0.476 e. The number of pyridine rings is 1. The molecular formula is C18H19N3O3. The second-order valence-corrected chi connectivity index (χ2v) is 6.05. The van der Waals surface area contributed by atoms with Gasteiger partial charge in [-0.1, -0.05) is 44.2 Å². The summed E-state index contributed by atoms with van der Waals surface area (Å²) >= 11 is 0. The van der Waals surface area contributed by atoms with Crippen LogP contribution in [0.5, 0.6) is 5.75 Å². The smallest absolute Gasteiger partial charge is 0.270 e. The second-order valence-electron chi connectivity index (χ2n) is 6.05. The summed E-state index contributed by atoms with van der Waals surface area (Å²) in [6, 6.07) is 12.2. The number of anilines is 2. The van der Waals surface area contributed by atoms with E-state index in [1.807, 2.05) is 19.9 Å². The van der Waals surface area contributed by atoms with E-state index in [1.54, 1.807) is 36.4 Å². The molecule has 1 amide bonds. The largest absolute Gasteiger partial charge is 0.476 e. The Hall–Kier alpha value is -2.89. The minimum absolute atomic E-state index is 0.0301. The number of hydrogen-bond acceptors (Lipinski definition) is 5. The zero-order valence-electron chi connectivity index (χ0n) is 13.6. The Kier molecular flexibility index (Phi) is 4.20. The molecule has 24 heavy (non-hydrogen) atoms. The topological polar surface area (TPSA) is 85.5 Å². The molecule has 0 bridgehead atoms. The predicted octanol–water partition coefficient (Wildman–Crippen LogP) is 2.30. The third-order valence-corrected chi connectivity index (χ3v) is 3.88. The molecule has 1 aromatic carbocycles. The fourth-order valence-electron chi connectivity index (χ4n) is 2.61. The summed E-state index contributed by atoms with van der Waals surface area (Å²) in [6.45, 7) is 3.70. The van der Waals surface area contributed by atoms with Gasteiger partial charge in [0.25, 0.3) is 5.91 Å². The van der Waals surface area contributed by atoms with Crippen LogP contribution in [0.3, 0.4) is 0 Å². The highest BCUT2D eigenvalue weighted by Crippen LogP contribution is 2.34. The van der Waals surface area contributed by atoms with Gasteiger partial charge in [-0.2, -0.15) is 0 Å². The summed E-state index contributed by atoms with van der Waals surface area (Å²) in [4.78, 5) is 30.9. The van der Waals surface area contributed by atoms with Crippen molar-refractivity contribution in [2.45, 2.75) is 20.0 Å². The number of Topliss-reactive ketones (excluding diaryl/α,β-unsaturated/α-hetero) is 1. The highest BCUT2D eigenvalue weighted by molar-refractivity contribution is 6.07. The number of benzene rings is 1. The number of hydrogen-bond donors (Lipinski definition) is 1. The summed E-state index contributed by atoms with van der Waals surface area (Å²) in [5.74, 6) is 0.552. The minimum atomic E-state index is -0.647. The Balaban J connectivity index is 1.96. The maximum atomic E-state index is 12.8. The van der Waals surface area contributed by atoms with Gasteiger partial charge < -0.3 is 10.5 Å². The van der Waals surface area contributed by atoms with Crippen molar-refractivity contribution in [1.29, 1.82) is 0 Å². The molecule has 0 saturated carbocycles. The lowest BCUT2D eigenvalue weighted by atomic mass is 10.0. The monoisotopic (exact) mass is 325 g/mol. The first-order valence-electron chi connectivity index (χ1n) is 7.80. The standard InChI is InChI=1S/C18H19N3O3/c1-11(2)16-18(23)21(10-13(22)12-6-4-3-5-7-12)17-14(24-16)8-9-15(19)20-17/h3-9,11,16H,10H2,1-2H3,(H2,19,20). The van der Waals surface area contributed by atoms with Crippen molar-refractivity contribution in [3.05, 3.63) is 48.0 Å². The maximum Gasteiger partial charge on any atom is 0.270 e. The van der Waals surface area contributed by atoms with Crippen molar-refractivity contribution in [2.75, 3.05) is 17.2 Å². The summed E-state index contributed by atoms with van der Waals surface area (Å²) in [5, 5.41) is 0. The van der Waals surface area contributed by atoms with Crippen molar-refractivity contribution < 1.29 is 14.3 Å². The van der Waals surface area contributed by atoms with Crippen molar-refractivity contribution >= 4 is 23.3 Å². The molecule has 0 fully saturated rings. The van der Waals surface area contributed by atoms with Gasteiger partial charge in [0, 0.05) is 5.56 Å². The lowest BCUT2D eigenvalue weighted by Crippen LogP contribution is -2.50. The molecule has 0 spiro atoms. The van der Waals surface area contributed by atoms with E-state index in [-0.39, 0.29) is 30.0 Å². The Morgan fingerprint density at radius 2 is 1.96 bits per heavy atom. The number of fused-ring (bicyclic) bond motifs is 1. The molecule has 2 N–H and O–H groups in total. The second kappa shape index (κ2) is 6.31. The van der Waals surface area contributed by atoms with Crippen LogP contribution in [-0.4, -0.2) is 29.3 Å². The van der Waals surface area contributed by atoms with E-state index in [2.05, 4.69) is 4.98 Å². The number of carbonyl (C=O) groups is 2. The summed E-state index contributed by atoms with van der Waals surface area (Å²) in [7, 11) is 0. The first-order chi connectivity index (χ1) is 11.5. The molecule has 2 heterocycles. The predicted molar refractivity (Wildman–Crippen MR) is 91.0 cm³/mol. The molecule has 2 aromatic rings. The number of nitrogen functional groups attached to an aromatic ring is 1. The van der Waals surface area contributed by atoms with Gasteiger partial charge in [-0.15, -0.1) is 0 Å². The van der Waals surface area contributed by atoms with Gasteiger partial charge in [0.15, 0.2) is 23.5 Å². The van der Waals surface area contributed by atoms with Crippen LogP contribution in [0.25, 0.3) is 0 Å². The van der Waals surface area contributed by atoms with Crippen LogP contribution in [0.4, 0.5) is 11.6 Å². The van der Waals surface area contributed by atoms with Crippen LogP contribution in [-0.2, 0) is 4.79 Å². The lowest BCUT2D eigenvalue weighted by Gasteiger charge is -2.34. The summed E-state index contributed by atoms with van der Waals surface area (Å²) in [5.41, 5.74) is 6.28. The van der Waals surface area contributed by atoms with Gasteiger partial charge in [-0.25, -0.2) is 4.98 Å². The molecule has 1 aliphatic rings. The third-order valence-electron chi connectivity index (χ3n) is 3.88. The SMILES string of the molecule is CC(C)C1Oc2ccc(N)nc2N(CC(=O)c2ccccc2)C1=O. The summed E-state index contributed by atoms with van der Waals surface area (Å²) in [6.07, 6.45) is -0.647. The van der Waals surface area contributed by atoms with Crippen molar-refractivity contribution in [3.8, 4) is 5.75 Å². The number of amides is 1. The molecule has 0 saturated heterocycles. The zero-order valence-corrected chi connectivity index (χ0v) is 13.6. The number of aromatic nitrogens is 1. The van der Waals surface area contributed by atoms with E-state index in [0.717, 1.165) is 0 Å². The van der Waals surface area contributed by atoms with Gasteiger partial charge in [-0.05, 0) is 18.1 Å². The van der Waals surface area contributed by atoms with Crippen LogP contribution in [0.1, 0.15) is 24.2 Å². The van der Waals surface area contributed by atoms with E-state index in [1.165, 1.54) is 4.90 Å². The average molecular weight is 325 g/mol. The third kappa shape index (κ3) is 2.95. The molecule has 1 unspecified atom stereocenters. The molecule has 1 aliphatic heterocycles. The van der Waals surface area contributed by atoms with Crippen LogP contribution >= 0.6 is 0 Å². The average Bonchev–Trinajstić information content (AvgIpc) is 2.57. The molecular weight excluding hydrogens is 306 g/mol. The number of ketones is 1. The van der Waals surface area contributed by atoms with Gasteiger partial charge in [0.1, 0.15) is 5.82 Å². The number of rotatable bonds is 4. The van der Waals surface area contributed by atoms with E-state index in [4.69, 9.17) is 10.5 Å². The van der Waals surface area contributed by atoms with E-state index >= 15 is 0 Å². The number of carbonyl (C=O) groups excluding carboxylic acids is 2. The molecule has 1 atom stereocenters. The van der Waals surface area contributed by atoms with E-state index < -0.39 is 6.10 Å². The molecule has 6 heteroatoms. The zero-order chi connectivity index (χ0) is 17.3. The molecule has 3 rings (SSSR count). The Labute approximate surface area is 140 Å². The Morgan fingerprint density at radius 3 is 2.62 bits per heavy atom. The van der Waals surface area contributed by atoms with Crippen LogP contribution in [0.15, 0.2) is 42.5 Å². The fraction of sp³-hybridized carbons (Fsp3) is 0.278. The molecule has 6 nitrogen and oxygen atoms in total. The van der Waals surface area contributed by atoms with E-state index in [9.17, 15) is 9.59 Å². The fourth-order valence-corrected chi connectivity index (χ4v) is 2.61. The molecule has 1 aromatic heterocycles. The van der Waals surface area contributed by atoms with Crippen LogP contribution < -0.4 is 15.4 Å². The quantitative estimate of drug-likeness (QED) is 0.872. The number of ether oxygens (including phenoxy) is 1. The molecule has 0 aliphatic carbocycles. The highest BCUT2D eigenvalue weighted by atomic mass is 16.5. The maximum absolute atomic E-state index is 12.8. The first kappa shape index (κ1) is 16.0. The highest BCUT2D eigenvalue weighted by Gasteiger charge is 2.38. The molecule has 124 valence electrons. The summed E-state index contributed by atoms with van der Waals surface area (Å²) < 4.78 is 5.76. The molecule has 0 radical (unpaired) electrons. The van der Waals surface area contributed by atoms with Gasteiger partial charge in [0.2, 0.25) is 0 Å². The van der Waals surface area contributed by atoms with E-state index in [0.29, 0.717) is 17.1 Å². The van der Waals surface area contributed by atoms with Crippen molar-refractivity contribution in [2.24, 2.45) is 5.92 Å². The Bertz CT molecular complexity index is 774. The number of nitrogens with two attached hydrogens (primary N) is 1. The first-order valence-corrected chi connectivity index (χ1v) is 7.80. The lowest BCUT2D eigenvalue weighted by molar-refractivity contribution is -0.128. The Morgan fingerprint density at radius 1 is 1.25 bits per heavy atom. The normalized spacial score (nSPS) is 16.7. The van der Waals surface area contributed by atoms with Gasteiger partial charge >= 0.3 is 0 Å². The van der Waals surface area contributed by atoms with Crippen molar-refractivity contribution in [1.82, 2.24) is 4.98 Å². The van der Waals surface area contributed by atoms with Crippen LogP contribution in [0.2, 0.25) is 0 Å². The van der Waals surface area contributed by atoms with Gasteiger partial charge in [-0.3, -0.25) is 14.5 Å². The number of nitrogens with zero attached hydrogens (tertiary/aromatic N) is 2. The van der Waals surface area contributed by atoms with Crippen LogP contribution in [0, 0.1) is 5.92 Å².